The number of nitrogens with zero attached hydrogens (tertiary/aromatic N) is 1. The van der Waals surface area contributed by atoms with Crippen molar-refractivity contribution in [3.63, 3.8) is 0 Å². The van der Waals surface area contributed by atoms with Crippen LogP contribution in [0.15, 0.2) is 28.2 Å². The van der Waals surface area contributed by atoms with E-state index in [2.05, 4.69) is 9.97 Å². The second kappa shape index (κ2) is 6.66. The monoisotopic (exact) mass is 372 g/mol. The van der Waals surface area contributed by atoms with E-state index in [1.807, 2.05) is 0 Å². The quantitative estimate of drug-likeness (QED) is 0.502. The SMILES string of the molecule is O=C(CSc1nc2c(c(=O)[nH]1)CSC2)c1ccc(Cl)cc1Cl. The second-order valence-electron chi connectivity index (χ2n) is 4.63. The zero-order valence-corrected chi connectivity index (χ0v) is 14.3. The topological polar surface area (TPSA) is 62.8 Å². The molecule has 1 aromatic heterocycles. The van der Waals surface area contributed by atoms with Crippen molar-refractivity contribution < 1.29 is 4.79 Å². The molecule has 0 unspecified atom stereocenters. The molecular weight excluding hydrogens is 363 g/mol. The Morgan fingerprint density at radius 2 is 2.18 bits per heavy atom. The standard InChI is InChI=1S/C14H10Cl2N2O2S2/c15-7-1-2-8(10(16)3-7)12(19)6-22-14-17-11-5-21-4-9(11)13(20)18-14/h1-3H,4-6H2,(H,17,18,20). The van der Waals surface area contributed by atoms with Crippen LogP contribution in [0, 0.1) is 0 Å². The molecule has 1 aromatic carbocycles. The molecule has 22 heavy (non-hydrogen) atoms. The van der Waals surface area contributed by atoms with E-state index in [1.54, 1.807) is 23.9 Å². The number of ketones is 1. The number of H-pyrrole nitrogens is 1. The number of carbonyl (C=O) groups excluding carboxylic acids is 1. The molecule has 2 aromatic rings. The lowest BCUT2D eigenvalue weighted by atomic mass is 10.1. The zero-order chi connectivity index (χ0) is 15.7. The Kier molecular flexibility index (Phi) is 4.82. The number of hydrogen-bond donors (Lipinski definition) is 1. The summed E-state index contributed by atoms with van der Waals surface area (Å²) in [7, 11) is 0. The normalized spacial score (nSPS) is 13.2. The maximum atomic E-state index is 12.2. The highest BCUT2D eigenvalue weighted by Gasteiger charge is 2.18. The van der Waals surface area contributed by atoms with Crippen molar-refractivity contribution in [1.82, 2.24) is 9.97 Å². The molecule has 114 valence electrons. The van der Waals surface area contributed by atoms with Crippen LogP contribution >= 0.6 is 46.7 Å². The summed E-state index contributed by atoms with van der Waals surface area (Å²) in [5, 5.41) is 1.27. The molecule has 1 aliphatic rings. The average molecular weight is 373 g/mol. The van der Waals surface area contributed by atoms with Crippen LogP contribution in [0.3, 0.4) is 0 Å². The molecule has 4 nitrogen and oxygen atoms in total. The minimum atomic E-state index is -0.135. The summed E-state index contributed by atoms with van der Waals surface area (Å²) in [6.07, 6.45) is 0. The fourth-order valence-electron chi connectivity index (χ4n) is 2.04. The van der Waals surface area contributed by atoms with Crippen LogP contribution in [-0.2, 0) is 11.5 Å². The number of benzene rings is 1. The Morgan fingerprint density at radius 1 is 1.36 bits per heavy atom. The predicted octanol–water partition coefficient (Wildman–Crippen LogP) is 3.80. The van der Waals surface area contributed by atoms with Gasteiger partial charge in [-0.2, -0.15) is 11.8 Å². The lowest BCUT2D eigenvalue weighted by Crippen LogP contribution is -2.15. The number of halogens is 2. The van der Waals surface area contributed by atoms with Crippen LogP contribution in [0.2, 0.25) is 10.0 Å². The van der Waals surface area contributed by atoms with E-state index in [1.165, 1.54) is 17.8 Å². The van der Waals surface area contributed by atoms with E-state index in [4.69, 9.17) is 23.2 Å². The van der Waals surface area contributed by atoms with E-state index in [0.717, 1.165) is 17.0 Å². The fraction of sp³-hybridized carbons (Fsp3) is 0.214. The molecule has 0 atom stereocenters. The molecule has 8 heteroatoms. The van der Waals surface area contributed by atoms with Crippen LogP contribution < -0.4 is 5.56 Å². The molecule has 1 N–H and O–H groups in total. The number of nitrogens with one attached hydrogen (secondary N) is 1. The summed E-state index contributed by atoms with van der Waals surface area (Å²) in [5.41, 5.74) is 1.85. The summed E-state index contributed by atoms with van der Waals surface area (Å²) in [6, 6.07) is 4.76. The van der Waals surface area contributed by atoms with Gasteiger partial charge in [0.25, 0.3) is 5.56 Å². The van der Waals surface area contributed by atoms with Crippen molar-refractivity contribution in [1.29, 1.82) is 0 Å². The van der Waals surface area contributed by atoms with Crippen LogP contribution in [0.25, 0.3) is 0 Å². The van der Waals surface area contributed by atoms with Crippen molar-refractivity contribution in [2.75, 3.05) is 5.75 Å². The van der Waals surface area contributed by atoms with E-state index in [0.29, 0.717) is 26.5 Å². The van der Waals surface area contributed by atoms with E-state index in [-0.39, 0.29) is 17.1 Å². The number of aromatic nitrogens is 2. The van der Waals surface area contributed by atoms with Gasteiger partial charge in [-0.05, 0) is 18.2 Å². The number of carbonyl (C=O) groups is 1. The first-order chi connectivity index (χ1) is 10.5. The molecule has 0 radical (unpaired) electrons. The highest BCUT2D eigenvalue weighted by atomic mass is 35.5. The lowest BCUT2D eigenvalue weighted by Gasteiger charge is -2.05. The Labute approximate surface area is 145 Å². The molecule has 0 fully saturated rings. The van der Waals surface area contributed by atoms with Gasteiger partial charge in [-0.15, -0.1) is 0 Å². The molecule has 2 heterocycles. The van der Waals surface area contributed by atoms with Gasteiger partial charge in [-0.3, -0.25) is 9.59 Å². The van der Waals surface area contributed by atoms with Gasteiger partial charge in [-0.25, -0.2) is 4.98 Å². The maximum absolute atomic E-state index is 12.2. The van der Waals surface area contributed by atoms with E-state index < -0.39 is 0 Å². The Hall–Kier alpha value is -0.950. The third kappa shape index (κ3) is 3.35. The lowest BCUT2D eigenvalue weighted by molar-refractivity contribution is 0.102. The van der Waals surface area contributed by atoms with E-state index >= 15 is 0 Å². The number of Topliss-reactive ketones (excluding diaryl/α,β-unsaturated/α-hetero) is 1. The summed E-state index contributed by atoms with van der Waals surface area (Å²) in [5.74, 6) is 1.45. The van der Waals surface area contributed by atoms with E-state index in [9.17, 15) is 9.59 Å². The Morgan fingerprint density at radius 3 is 2.95 bits per heavy atom. The number of hydrogen-bond acceptors (Lipinski definition) is 5. The zero-order valence-electron chi connectivity index (χ0n) is 11.2. The number of thioether (sulfide) groups is 2. The first-order valence-corrected chi connectivity index (χ1v) is 9.25. The Bertz CT molecular complexity index is 808. The number of fused-ring (bicyclic) bond motifs is 1. The van der Waals surface area contributed by atoms with Crippen molar-refractivity contribution in [3.05, 3.63) is 55.4 Å². The maximum Gasteiger partial charge on any atom is 0.255 e. The molecule has 0 saturated carbocycles. The predicted molar refractivity (Wildman–Crippen MR) is 91.4 cm³/mol. The van der Waals surface area contributed by atoms with Gasteiger partial charge in [0.05, 0.1) is 16.5 Å². The molecule has 0 spiro atoms. The first-order valence-electron chi connectivity index (χ1n) is 6.35. The van der Waals surface area contributed by atoms with Crippen LogP contribution in [0.1, 0.15) is 21.6 Å². The summed E-state index contributed by atoms with van der Waals surface area (Å²) in [6.45, 7) is 0. The van der Waals surface area contributed by atoms with Gasteiger partial charge in [0, 0.05) is 27.7 Å². The van der Waals surface area contributed by atoms with Gasteiger partial charge in [0.1, 0.15) is 0 Å². The molecule has 0 bridgehead atoms. The number of aromatic amines is 1. The van der Waals surface area contributed by atoms with Crippen LogP contribution in [0.5, 0.6) is 0 Å². The van der Waals surface area contributed by atoms with Gasteiger partial charge < -0.3 is 4.98 Å². The minimum Gasteiger partial charge on any atom is -0.301 e. The third-order valence-electron chi connectivity index (χ3n) is 3.14. The van der Waals surface area contributed by atoms with Gasteiger partial charge in [-0.1, -0.05) is 35.0 Å². The summed E-state index contributed by atoms with van der Waals surface area (Å²) < 4.78 is 0. The largest absolute Gasteiger partial charge is 0.301 e. The smallest absolute Gasteiger partial charge is 0.255 e. The third-order valence-corrected chi connectivity index (χ3v) is 5.53. The van der Waals surface area contributed by atoms with Crippen molar-refractivity contribution >= 4 is 52.5 Å². The molecule has 0 amide bonds. The van der Waals surface area contributed by atoms with Crippen LogP contribution in [0.4, 0.5) is 0 Å². The molecule has 0 aliphatic carbocycles. The van der Waals surface area contributed by atoms with Gasteiger partial charge >= 0.3 is 0 Å². The highest BCUT2D eigenvalue weighted by molar-refractivity contribution is 7.99. The molecule has 1 aliphatic heterocycles. The number of rotatable bonds is 4. The average Bonchev–Trinajstić information content (AvgIpc) is 2.93. The fourth-order valence-corrected chi connectivity index (χ4v) is 4.35. The summed E-state index contributed by atoms with van der Waals surface area (Å²) >= 11 is 14.7. The minimum absolute atomic E-state index is 0.116. The highest BCUT2D eigenvalue weighted by Crippen LogP contribution is 2.27. The van der Waals surface area contributed by atoms with Crippen molar-refractivity contribution in [2.24, 2.45) is 0 Å². The Balaban J connectivity index is 1.74. The second-order valence-corrected chi connectivity index (χ2v) is 7.42. The van der Waals surface area contributed by atoms with Crippen LogP contribution in [-0.4, -0.2) is 21.5 Å². The van der Waals surface area contributed by atoms with Gasteiger partial charge in [0.15, 0.2) is 10.9 Å². The van der Waals surface area contributed by atoms with Crippen molar-refractivity contribution in [3.8, 4) is 0 Å². The van der Waals surface area contributed by atoms with Gasteiger partial charge in [0.2, 0.25) is 0 Å². The van der Waals surface area contributed by atoms with Crippen molar-refractivity contribution in [2.45, 2.75) is 16.7 Å². The first kappa shape index (κ1) is 15.9. The molecular formula is C14H10Cl2N2O2S2. The molecule has 0 saturated heterocycles. The summed E-state index contributed by atoms with van der Waals surface area (Å²) in [4.78, 5) is 31.2. The molecule has 3 rings (SSSR count).